The molecule has 1 aromatic carbocycles. The third-order valence-corrected chi connectivity index (χ3v) is 5.47. The number of piperidine rings is 1. The molecule has 26 heavy (non-hydrogen) atoms. The van der Waals surface area contributed by atoms with Crippen molar-refractivity contribution in [3.05, 3.63) is 57.8 Å². The Hall–Kier alpha value is -2.18. The summed E-state index contributed by atoms with van der Waals surface area (Å²) in [6.45, 7) is 2.31. The highest BCUT2D eigenvalue weighted by atomic mass is 32.1. The number of carbonyl (C=O) groups is 2. The Bertz CT molecular complexity index is 728. The van der Waals surface area contributed by atoms with E-state index in [9.17, 15) is 9.59 Å². The molecule has 2 aromatic rings. The van der Waals surface area contributed by atoms with Crippen molar-refractivity contribution in [2.24, 2.45) is 5.92 Å². The maximum atomic E-state index is 12.5. The molecule has 1 saturated heterocycles. The van der Waals surface area contributed by atoms with Crippen LogP contribution in [-0.4, -0.2) is 36.9 Å². The maximum Gasteiger partial charge on any atom is 0.263 e. The van der Waals surface area contributed by atoms with Crippen molar-refractivity contribution in [2.45, 2.75) is 26.0 Å². The molecule has 5 nitrogen and oxygen atoms in total. The van der Waals surface area contributed by atoms with Crippen LogP contribution in [0.2, 0.25) is 0 Å². The van der Waals surface area contributed by atoms with Crippen LogP contribution in [0.3, 0.4) is 0 Å². The Morgan fingerprint density at radius 3 is 2.69 bits per heavy atom. The molecule has 0 saturated carbocycles. The first-order valence-corrected chi connectivity index (χ1v) is 9.72. The molecule has 1 N–H and O–H groups in total. The quantitative estimate of drug-likeness (QED) is 0.848. The van der Waals surface area contributed by atoms with Gasteiger partial charge in [0.1, 0.15) is 0 Å². The lowest BCUT2D eigenvalue weighted by molar-refractivity contribution is -0.126. The molecule has 1 atom stereocenters. The fraction of sp³-hybridized carbons (Fsp3) is 0.400. The van der Waals surface area contributed by atoms with Crippen LogP contribution in [0.5, 0.6) is 0 Å². The highest BCUT2D eigenvalue weighted by molar-refractivity contribution is 7.12. The number of carbonyl (C=O) groups excluding carboxylic acids is 2. The zero-order valence-corrected chi connectivity index (χ0v) is 15.8. The lowest BCUT2D eigenvalue weighted by Crippen LogP contribution is -2.45. The van der Waals surface area contributed by atoms with Gasteiger partial charge in [-0.1, -0.05) is 30.3 Å². The van der Waals surface area contributed by atoms with Gasteiger partial charge in [-0.05, 0) is 35.4 Å². The summed E-state index contributed by atoms with van der Waals surface area (Å²) in [6, 6.07) is 11.7. The third kappa shape index (κ3) is 4.71. The Kier molecular flexibility index (Phi) is 6.41. The van der Waals surface area contributed by atoms with E-state index < -0.39 is 0 Å². The van der Waals surface area contributed by atoms with Gasteiger partial charge in [0.25, 0.3) is 5.91 Å². The van der Waals surface area contributed by atoms with Crippen molar-refractivity contribution in [3.63, 3.8) is 0 Å². The second-order valence-electron chi connectivity index (χ2n) is 6.53. The molecule has 1 aliphatic heterocycles. The highest BCUT2D eigenvalue weighted by Crippen LogP contribution is 2.21. The topological polar surface area (TPSA) is 58.6 Å². The molecule has 2 amide bonds. The Balaban J connectivity index is 1.51. The molecular weight excluding hydrogens is 348 g/mol. The predicted octanol–water partition coefficient (Wildman–Crippen LogP) is 3.06. The van der Waals surface area contributed by atoms with Crippen molar-refractivity contribution >= 4 is 23.2 Å². The number of nitrogens with zero attached hydrogens (tertiary/aromatic N) is 1. The number of methoxy groups -OCH3 is 1. The molecule has 3 rings (SSSR count). The summed E-state index contributed by atoms with van der Waals surface area (Å²) in [7, 11) is 1.67. The number of benzene rings is 1. The van der Waals surface area contributed by atoms with Gasteiger partial charge in [-0.3, -0.25) is 9.59 Å². The molecule has 0 radical (unpaired) electrons. The van der Waals surface area contributed by atoms with Crippen LogP contribution in [0, 0.1) is 5.92 Å². The molecule has 0 aliphatic carbocycles. The van der Waals surface area contributed by atoms with E-state index in [2.05, 4.69) is 5.32 Å². The predicted molar refractivity (Wildman–Crippen MR) is 102 cm³/mol. The summed E-state index contributed by atoms with van der Waals surface area (Å²) in [5.41, 5.74) is 2.16. The molecule has 2 heterocycles. The van der Waals surface area contributed by atoms with Crippen LogP contribution in [0.4, 0.5) is 0 Å². The minimum Gasteiger partial charge on any atom is -0.380 e. The van der Waals surface area contributed by atoms with Crippen molar-refractivity contribution < 1.29 is 14.3 Å². The second-order valence-corrected chi connectivity index (χ2v) is 7.48. The fourth-order valence-corrected chi connectivity index (χ4v) is 3.88. The summed E-state index contributed by atoms with van der Waals surface area (Å²) in [5, 5.41) is 4.91. The minimum absolute atomic E-state index is 0.0228. The summed E-state index contributed by atoms with van der Waals surface area (Å²) in [6.07, 6.45) is 1.69. The number of thiophene rings is 1. The molecule has 6 heteroatoms. The average Bonchev–Trinajstić information content (AvgIpc) is 3.22. The number of hydrogen-bond acceptors (Lipinski definition) is 4. The Morgan fingerprint density at radius 1 is 1.23 bits per heavy atom. The lowest BCUT2D eigenvalue weighted by Gasteiger charge is -2.31. The van der Waals surface area contributed by atoms with Gasteiger partial charge in [0.05, 0.1) is 17.4 Å². The summed E-state index contributed by atoms with van der Waals surface area (Å²) < 4.78 is 5.10. The van der Waals surface area contributed by atoms with Crippen LogP contribution < -0.4 is 5.32 Å². The van der Waals surface area contributed by atoms with E-state index >= 15 is 0 Å². The van der Waals surface area contributed by atoms with E-state index in [0.29, 0.717) is 19.7 Å². The summed E-state index contributed by atoms with van der Waals surface area (Å²) in [5.74, 6) is -0.0821. The standard InChI is InChI=1S/C20H24N2O3S/c1-25-14-16-8-6-15(7-9-16)12-21-19(23)17-4-2-10-22(13-17)20(24)18-5-3-11-26-18/h3,5-9,11,17H,2,4,10,12-14H2,1H3,(H,21,23). The first-order chi connectivity index (χ1) is 12.7. The average molecular weight is 372 g/mol. The van der Waals surface area contributed by atoms with Crippen LogP contribution in [-0.2, 0) is 22.7 Å². The normalized spacial score (nSPS) is 17.1. The van der Waals surface area contributed by atoms with Crippen LogP contribution in [0.15, 0.2) is 41.8 Å². The molecule has 1 unspecified atom stereocenters. The maximum absolute atomic E-state index is 12.5. The molecule has 0 bridgehead atoms. The SMILES string of the molecule is COCc1ccc(CNC(=O)C2CCCN(C(=O)c3cccs3)C2)cc1. The van der Waals surface area contributed by atoms with E-state index in [-0.39, 0.29) is 17.7 Å². The summed E-state index contributed by atoms with van der Waals surface area (Å²) in [4.78, 5) is 27.6. The lowest BCUT2D eigenvalue weighted by atomic mass is 9.97. The molecule has 1 aromatic heterocycles. The monoisotopic (exact) mass is 372 g/mol. The molecule has 0 spiro atoms. The van der Waals surface area contributed by atoms with Gasteiger partial charge in [0.15, 0.2) is 0 Å². The van der Waals surface area contributed by atoms with E-state index in [1.54, 1.807) is 12.0 Å². The molecule has 1 aliphatic rings. The first kappa shape index (κ1) is 18.6. The smallest absolute Gasteiger partial charge is 0.263 e. The van der Waals surface area contributed by atoms with Gasteiger partial charge in [-0.2, -0.15) is 0 Å². The number of ether oxygens (including phenoxy) is 1. The number of rotatable bonds is 6. The second kappa shape index (κ2) is 8.96. The Morgan fingerprint density at radius 2 is 2.00 bits per heavy atom. The highest BCUT2D eigenvalue weighted by Gasteiger charge is 2.29. The van der Waals surface area contributed by atoms with E-state index in [4.69, 9.17) is 4.74 Å². The molecular formula is C20H24N2O3S. The van der Waals surface area contributed by atoms with Crippen molar-refractivity contribution in [1.82, 2.24) is 10.2 Å². The summed E-state index contributed by atoms with van der Waals surface area (Å²) >= 11 is 1.45. The van der Waals surface area contributed by atoms with Gasteiger partial charge < -0.3 is 15.0 Å². The zero-order valence-electron chi connectivity index (χ0n) is 14.9. The number of likely N-dealkylation sites (tertiary alicyclic amines) is 1. The molecule has 138 valence electrons. The molecule has 1 fully saturated rings. The van der Waals surface area contributed by atoms with E-state index in [1.807, 2.05) is 41.8 Å². The third-order valence-electron chi connectivity index (χ3n) is 4.61. The number of hydrogen-bond donors (Lipinski definition) is 1. The van der Waals surface area contributed by atoms with E-state index in [1.165, 1.54) is 11.3 Å². The Labute approximate surface area is 158 Å². The largest absolute Gasteiger partial charge is 0.380 e. The van der Waals surface area contributed by atoms with Crippen molar-refractivity contribution in [3.8, 4) is 0 Å². The van der Waals surface area contributed by atoms with Crippen molar-refractivity contribution in [1.29, 1.82) is 0 Å². The van der Waals surface area contributed by atoms with Gasteiger partial charge in [-0.25, -0.2) is 0 Å². The van der Waals surface area contributed by atoms with Gasteiger partial charge in [0, 0.05) is 26.7 Å². The zero-order chi connectivity index (χ0) is 18.4. The number of amides is 2. The van der Waals surface area contributed by atoms with Crippen molar-refractivity contribution in [2.75, 3.05) is 20.2 Å². The minimum atomic E-state index is -0.138. The number of nitrogens with one attached hydrogen (secondary N) is 1. The van der Waals surface area contributed by atoms with E-state index in [0.717, 1.165) is 35.4 Å². The first-order valence-electron chi connectivity index (χ1n) is 8.84. The van der Waals surface area contributed by atoms with Crippen LogP contribution >= 0.6 is 11.3 Å². The van der Waals surface area contributed by atoms with Gasteiger partial charge >= 0.3 is 0 Å². The van der Waals surface area contributed by atoms with Gasteiger partial charge in [-0.15, -0.1) is 11.3 Å². The van der Waals surface area contributed by atoms with Crippen LogP contribution in [0.25, 0.3) is 0 Å². The van der Waals surface area contributed by atoms with Gasteiger partial charge in [0.2, 0.25) is 5.91 Å². The van der Waals surface area contributed by atoms with Crippen LogP contribution in [0.1, 0.15) is 33.6 Å². The fourth-order valence-electron chi connectivity index (χ4n) is 3.19.